The molecule has 2 heterocycles. The molecule has 1 aliphatic heterocycles. The summed E-state index contributed by atoms with van der Waals surface area (Å²) in [5.74, 6) is -0.376. The normalized spacial score (nSPS) is 17.1. The Morgan fingerprint density at radius 3 is 2.83 bits per heavy atom. The average Bonchev–Trinajstić information content (AvgIpc) is 3.04. The molecule has 1 aromatic carbocycles. The van der Waals surface area contributed by atoms with E-state index in [-0.39, 0.29) is 24.0 Å². The molecule has 0 spiro atoms. The van der Waals surface area contributed by atoms with Gasteiger partial charge in [-0.1, -0.05) is 36.4 Å². The molecule has 0 amide bonds. The number of imidazole rings is 1. The van der Waals surface area contributed by atoms with Gasteiger partial charge >= 0.3 is 5.97 Å². The molecule has 2 aromatic rings. The Balaban J connectivity index is 1.72. The summed E-state index contributed by atoms with van der Waals surface area (Å²) in [5, 5.41) is 0. The molecule has 0 radical (unpaired) electrons. The van der Waals surface area contributed by atoms with Crippen LogP contribution in [0, 0.1) is 5.41 Å². The summed E-state index contributed by atoms with van der Waals surface area (Å²) >= 11 is 0. The number of aromatic nitrogens is 2. The predicted octanol–water partition coefficient (Wildman–Crippen LogP) is 2.85. The lowest BCUT2D eigenvalue weighted by Gasteiger charge is -2.37. The third-order valence-electron chi connectivity index (χ3n) is 4.28. The van der Waals surface area contributed by atoms with Crippen LogP contribution >= 0.6 is 0 Å². The van der Waals surface area contributed by atoms with E-state index >= 15 is 0 Å². The molecular weight excluding hydrogens is 292 g/mol. The highest BCUT2D eigenvalue weighted by molar-refractivity contribution is 5.87. The highest BCUT2D eigenvalue weighted by Crippen LogP contribution is 2.29. The summed E-state index contributed by atoms with van der Waals surface area (Å²) < 4.78 is 12.5. The van der Waals surface area contributed by atoms with Crippen molar-refractivity contribution in [3.8, 4) is 0 Å². The molecule has 120 valence electrons. The zero-order chi connectivity index (χ0) is 16.3. The number of rotatable bonds is 6. The van der Waals surface area contributed by atoms with Crippen LogP contribution in [0.15, 0.2) is 55.5 Å². The SMILES string of the molecule is C=CC1(COC(=O)c2cncn2C(C)c2ccccc2)COC1. The first-order valence-electron chi connectivity index (χ1n) is 7.60. The van der Waals surface area contributed by atoms with Crippen molar-refractivity contribution in [2.75, 3.05) is 19.8 Å². The van der Waals surface area contributed by atoms with Gasteiger partial charge < -0.3 is 14.0 Å². The van der Waals surface area contributed by atoms with Crippen molar-refractivity contribution in [1.29, 1.82) is 0 Å². The first-order valence-corrected chi connectivity index (χ1v) is 7.60. The molecule has 1 atom stereocenters. The number of hydrogen-bond donors (Lipinski definition) is 0. The fourth-order valence-corrected chi connectivity index (χ4v) is 2.57. The molecule has 0 saturated carbocycles. The van der Waals surface area contributed by atoms with Crippen LogP contribution in [0.1, 0.15) is 29.0 Å². The van der Waals surface area contributed by atoms with Crippen molar-refractivity contribution in [3.63, 3.8) is 0 Å². The Hall–Kier alpha value is -2.40. The van der Waals surface area contributed by atoms with Crippen LogP contribution < -0.4 is 0 Å². The van der Waals surface area contributed by atoms with Gasteiger partial charge in [-0.05, 0) is 12.5 Å². The zero-order valence-electron chi connectivity index (χ0n) is 13.1. The lowest BCUT2D eigenvalue weighted by Crippen LogP contribution is -2.45. The molecule has 1 saturated heterocycles. The molecule has 23 heavy (non-hydrogen) atoms. The second-order valence-corrected chi connectivity index (χ2v) is 5.91. The van der Waals surface area contributed by atoms with Crippen LogP contribution in [0.3, 0.4) is 0 Å². The van der Waals surface area contributed by atoms with Crippen LogP contribution in [0.25, 0.3) is 0 Å². The lowest BCUT2D eigenvalue weighted by molar-refractivity contribution is -0.109. The smallest absolute Gasteiger partial charge is 0.356 e. The monoisotopic (exact) mass is 312 g/mol. The molecule has 3 rings (SSSR count). The van der Waals surface area contributed by atoms with Gasteiger partial charge in [-0.25, -0.2) is 9.78 Å². The summed E-state index contributed by atoms with van der Waals surface area (Å²) in [5.41, 5.74) is 1.31. The number of carbonyl (C=O) groups is 1. The number of ether oxygens (including phenoxy) is 2. The van der Waals surface area contributed by atoms with Gasteiger partial charge in [0.25, 0.3) is 0 Å². The van der Waals surface area contributed by atoms with E-state index in [1.165, 1.54) is 0 Å². The van der Waals surface area contributed by atoms with E-state index in [9.17, 15) is 4.79 Å². The van der Waals surface area contributed by atoms with Gasteiger partial charge in [0.2, 0.25) is 0 Å². The Labute approximate surface area is 135 Å². The van der Waals surface area contributed by atoms with Crippen molar-refractivity contribution < 1.29 is 14.3 Å². The first-order chi connectivity index (χ1) is 11.2. The van der Waals surface area contributed by atoms with E-state index in [4.69, 9.17) is 9.47 Å². The van der Waals surface area contributed by atoms with Crippen molar-refractivity contribution in [1.82, 2.24) is 9.55 Å². The van der Waals surface area contributed by atoms with Crippen LogP contribution in [-0.4, -0.2) is 35.3 Å². The van der Waals surface area contributed by atoms with Gasteiger partial charge in [0.15, 0.2) is 0 Å². The van der Waals surface area contributed by atoms with Gasteiger partial charge in [-0.2, -0.15) is 0 Å². The van der Waals surface area contributed by atoms with Gasteiger partial charge in [-0.15, -0.1) is 6.58 Å². The Morgan fingerprint density at radius 2 is 2.22 bits per heavy atom. The molecule has 0 aliphatic carbocycles. The highest BCUT2D eigenvalue weighted by atomic mass is 16.5. The van der Waals surface area contributed by atoms with Crippen molar-refractivity contribution in [2.24, 2.45) is 5.41 Å². The Kier molecular flexibility index (Phi) is 4.30. The Morgan fingerprint density at radius 1 is 1.48 bits per heavy atom. The van der Waals surface area contributed by atoms with Crippen molar-refractivity contribution in [2.45, 2.75) is 13.0 Å². The van der Waals surface area contributed by atoms with Crippen molar-refractivity contribution in [3.05, 3.63) is 66.8 Å². The minimum Gasteiger partial charge on any atom is -0.460 e. The van der Waals surface area contributed by atoms with Crippen LogP contribution in [0.4, 0.5) is 0 Å². The number of carbonyl (C=O) groups excluding carboxylic acids is 1. The molecule has 5 heteroatoms. The number of esters is 1. The molecule has 1 fully saturated rings. The number of hydrogen-bond acceptors (Lipinski definition) is 4. The largest absolute Gasteiger partial charge is 0.460 e. The summed E-state index contributed by atoms with van der Waals surface area (Å²) in [6.45, 7) is 7.19. The average molecular weight is 312 g/mol. The summed E-state index contributed by atoms with van der Waals surface area (Å²) in [6.07, 6.45) is 5.00. The fraction of sp³-hybridized carbons (Fsp3) is 0.333. The topological polar surface area (TPSA) is 53.3 Å². The fourth-order valence-electron chi connectivity index (χ4n) is 2.57. The first kappa shape index (κ1) is 15.5. The van der Waals surface area contributed by atoms with E-state index in [1.807, 2.05) is 41.8 Å². The van der Waals surface area contributed by atoms with Crippen LogP contribution in [-0.2, 0) is 9.47 Å². The van der Waals surface area contributed by atoms with Crippen molar-refractivity contribution >= 4 is 5.97 Å². The molecule has 1 aromatic heterocycles. The van der Waals surface area contributed by atoms with Gasteiger partial charge in [0, 0.05) is 0 Å². The van der Waals surface area contributed by atoms with Crippen LogP contribution in [0.2, 0.25) is 0 Å². The van der Waals surface area contributed by atoms with Gasteiger partial charge in [-0.3, -0.25) is 0 Å². The van der Waals surface area contributed by atoms with E-state index in [0.717, 1.165) is 5.56 Å². The number of nitrogens with zero attached hydrogens (tertiary/aromatic N) is 2. The highest BCUT2D eigenvalue weighted by Gasteiger charge is 2.37. The molecule has 1 unspecified atom stereocenters. The second kappa shape index (κ2) is 6.38. The van der Waals surface area contributed by atoms with Crippen LogP contribution in [0.5, 0.6) is 0 Å². The molecule has 1 aliphatic rings. The summed E-state index contributed by atoms with van der Waals surface area (Å²) in [6, 6.07) is 9.98. The van der Waals surface area contributed by atoms with E-state index in [1.54, 1.807) is 18.6 Å². The van der Waals surface area contributed by atoms with E-state index in [2.05, 4.69) is 11.6 Å². The van der Waals surface area contributed by atoms with E-state index < -0.39 is 0 Å². The molecular formula is C18H20N2O3. The maximum Gasteiger partial charge on any atom is 0.356 e. The minimum atomic E-state index is -0.376. The van der Waals surface area contributed by atoms with Gasteiger partial charge in [0.05, 0.1) is 37.2 Å². The minimum absolute atomic E-state index is 0.00153. The second-order valence-electron chi connectivity index (χ2n) is 5.91. The zero-order valence-corrected chi connectivity index (χ0v) is 13.1. The summed E-state index contributed by atoms with van der Waals surface area (Å²) in [4.78, 5) is 16.5. The maximum atomic E-state index is 12.4. The number of benzene rings is 1. The molecule has 5 nitrogen and oxygen atoms in total. The van der Waals surface area contributed by atoms with Gasteiger partial charge in [0.1, 0.15) is 12.3 Å². The Bertz CT molecular complexity index is 689. The standard InChI is InChI=1S/C18H20N2O3/c1-3-18(10-22-11-18)12-23-17(21)16-9-19-13-20(16)14(2)15-7-5-4-6-8-15/h3-9,13-14H,1,10-12H2,2H3. The lowest BCUT2D eigenvalue weighted by atomic mass is 9.87. The quantitative estimate of drug-likeness (QED) is 0.608. The third-order valence-corrected chi connectivity index (χ3v) is 4.28. The van der Waals surface area contributed by atoms with E-state index in [0.29, 0.717) is 18.9 Å². The maximum absolute atomic E-state index is 12.4. The molecule has 0 bridgehead atoms. The predicted molar refractivity (Wildman–Crippen MR) is 86.2 cm³/mol. The third kappa shape index (κ3) is 3.05. The summed E-state index contributed by atoms with van der Waals surface area (Å²) in [7, 11) is 0. The molecule has 0 N–H and O–H groups in total.